The molecule has 2 N–H and O–H groups in total. The van der Waals surface area contributed by atoms with Crippen molar-refractivity contribution in [2.24, 2.45) is 0 Å². The molecule has 0 bridgehead atoms. The standard InChI is InChI=1S/C14H15ClN2OS2/c1-17(8-11-3-2-6-19-11)14(18)9-20-13-5-4-10(16)7-12(13)15/h2-7H,8-9,16H2,1H3. The Hall–Kier alpha value is -1.17. The summed E-state index contributed by atoms with van der Waals surface area (Å²) < 4.78 is 0. The number of rotatable bonds is 5. The highest BCUT2D eigenvalue weighted by Gasteiger charge is 2.11. The molecule has 3 nitrogen and oxygen atoms in total. The molecule has 0 aliphatic carbocycles. The first-order valence-corrected chi connectivity index (χ1v) is 8.25. The van der Waals surface area contributed by atoms with Crippen molar-refractivity contribution in [2.45, 2.75) is 11.4 Å². The number of amides is 1. The molecule has 20 heavy (non-hydrogen) atoms. The second-order valence-electron chi connectivity index (χ2n) is 4.31. The van der Waals surface area contributed by atoms with Crippen LogP contribution in [0.3, 0.4) is 0 Å². The molecular formula is C14H15ClN2OS2. The average molecular weight is 327 g/mol. The van der Waals surface area contributed by atoms with Gasteiger partial charge < -0.3 is 10.6 Å². The third-order valence-electron chi connectivity index (χ3n) is 2.71. The first-order valence-electron chi connectivity index (χ1n) is 6.00. The largest absolute Gasteiger partial charge is 0.399 e. The smallest absolute Gasteiger partial charge is 0.233 e. The number of carbonyl (C=O) groups excluding carboxylic acids is 1. The Morgan fingerprint density at radius 3 is 2.90 bits per heavy atom. The fourth-order valence-corrected chi connectivity index (χ4v) is 3.58. The Labute approximate surface area is 131 Å². The van der Waals surface area contributed by atoms with E-state index in [4.69, 9.17) is 17.3 Å². The summed E-state index contributed by atoms with van der Waals surface area (Å²) in [7, 11) is 1.81. The van der Waals surface area contributed by atoms with E-state index in [1.807, 2.05) is 30.6 Å². The van der Waals surface area contributed by atoms with Crippen LogP contribution < -0.4 is 5.73 Å². The number of benzene rings is 1. The molecule has 0 unspecified atom stereocenters. The van der Waals surface area contributed by atoms with Crippen molar-refractivity contribution in [3.8, 4) is 0 Å². The first-order chi connectivity index (χ1) is 9.56. The molecule has 1 amide bonds. The van der Waals surface area contributed by atoms with Crippen molar-refractivity contribution >= 4 is 46.3 Å². The number of hydrogen-bond donors (Lipinski definition) is 1. The number of hydrogen-bond acceptors (Lipinski definition) is 4. The Bertz CT molecular complexity index is 587. The number of carbonyl (C=O) groups is 1. The van der Waals surface area contributed by atoms with Crippen LogP contribution in [-0.2, 0) is 11.3 Å². The van der Waals surface area contributed by atoms with E-state index in [-0.39, 0.29) is 5.91 Å². The highest BCUT2D eigenvalue weighted by molar-refractivity contribution is 8.00. The predicted molar refractivity (Wildman–Crippen MR) is 87.4 cm³/mol. The van der Waals surface area contributed by atoms with E-state index in [2.05, 4.69) is 0 Å². The van der Waals surface area contributed by atoms with Crippen LogP contribution in [0.4, 0.5) is 5.69 Å². The second kappa shape index (κ2) is 7.02. The number of thioether (sulfide) groups is 1. The normalized spacial score (nSPS) is 10.5. The molecule has 0 spiro atoms. The van der Waals surface area contributed by atoms with E-state index in [1.165, 1.54) is 16.6 Å². The monoisotopic (exact) mass is 326 g/mol. The van der Waals surface area contributed by atoms with Crippen LogP contribution in [0.2, 0.25) is 5.02 Å². The number of halogens is 1. The topological polar surface area (TPSA) is 46.3 Å². The first kappa shape index (κ1) is 15.2. The maximum absolute atomic E-state index is 12.1. The van der Waals surface area contributed by atoms with Gasteiger partial charge >= 0.3 is 0 Å². The Morgan fingerprint density at radius 2 is 2.25 bits per heavy atom. The lowest BCUT2D eigenvalue weighted by Gasteiger charge is -2.16. The van der Waals surface area contributed by atoms with E-state index < -0.39 is 0 Å². The fraction of sp³-hybridized carbons (Fsp3) is 0.214. The van der Waals surface area contributed by atoms with Crippen LogP contribution >= 0.6 is 34.7 Å². The zero-order valence-corrected chi connectivity index (χ0v) is 13.4. The summed E-state index contributed by atoms with van der Waals surface area (Å²) >= 11 is 9.16. The molecule has 2 aromatic rings. The van der Waals surface area contributed by atoms with Crippen molar-refractivity contribution in [1.82, 2.24) is 4.90 Å². The van der Waals surface area contributed by atoms with Gasteiger partial charge in [0.15, 0.2) is 0 Å². The van der Waals surface area contributed by atoms with E-state index in [9.17, 15) is 4.79 Å². The van der Waals surface area contributed by atoms with E-state index >= 15 is 0 Å². The molecule has 0 fully saturated rings. The highest BCUT2D eigenvalue weighted by atomic mass is 35.5. The van der Waals surface area contributed by atoms with Crippen molar-refractivity contribution in [3.05, 3.63) is 45.6 Å². The summed E-state index contributed by atoms with van der Waals surface area (Å²) in [6, 6.07) is 9.34. The van der Waals surface area contributed by atoms with Crippen molar-refractivity contribution in [1.29, 1.82) is 0 Å². The van der Waals surface area contributed by atoms with Gasteiger partial charge in [0.25, 0.3) is 0 Å². The summed E-state index contributed by atoms with van der Waals surface area (Å²) in [5.74, 6) is 0.446. The molecule has 0 saturated carbocycles. The molecule has 106 valence electrons. The number of thiophene rings is 1. The third-order valence-corrected chi connectivity index (χ3v) is 5.05. The van der Waals surface area contributed by atoms with Crippen LogP contribution in [-0.4, -0.2) is 23.6 Å². The van der Waals surface area contributed by atoms with Gasteiger partial charge in [0.05, 0.1) is 17.3 Å². The Morgan fingerprint density at radius 1 is 1.45 bits per heavy atom. The van der Waals surface area contributed by atoms with E-state index in [1.54, 1.807) is 28.4 Å². The van der Waals surface area contributed by atoms with Crippen molar-refractivity contribution < 1.29 is 4.79 Å². The molecule has 0 atom stereocenters. The SMILES string of the molecule is CN(Cc1cccs1)C(=O)CSc1ccc(N)cc1Cl. The molecule has 0 aliphatic heterocycles. The van der Waals surface area contributed by atoms with Crippen molar-refractivity contribution in [2.75, 3.05) is 18.5 Å². The molecule has 1 aromatic carbocycles. The van der Waals surface area contributed by atoms with Crippen LogP contribution in [0.1, 0.15) is 4.88 Å². The van der Waals surface area contributed by atoms with Crippen LogP contribution in [0.5, 0.6) is 0 Å². The lowest BCUT2D eigenvalue weighted by atomic mass is 10.3. The molecule has 2 rings (SSSR count). The van der Waals surface area contributed by atoms with Crippen LogP contribution in [0.25, 0.3) is 0 Å². The van der Waals surface area contributed by atoms with Crippen LogP contribution in [0, 0.1) is 0 Å². The Balaban J connectivity index is 1.88. The van der Waals surface area contributed by atoms with Gasteiger partial charge in [0, 0.05) is 22.5 Å². The molecule has 6 heteroatoms. The van der Waals surface area contributed by atoms with Gasteiger partial charge in [0.2, 0.25) is 5.91 Å². The quantitative estimate of drug-likeness (QED) is 0.672. The molecule has 1 aromatic heterocycles. The van der Waals surface area contributed by atoms with Gasteiger partial charge in [0.1, 0.15) is 0 Å². The molecule has 0 radical (unpaired) electrons. The van der Waals surface area contributed by atoms with Gasteiger partial charge in [-0.2, -0.15) is 0 Å². The second-order valence-corrected chi connectivity index (χ2v) is 6.76. The average Bonchev–Trinajstić information content (AvgIpc) is 2.90. The zero-order chi connectivity index (χ0) is 14.5. The van der Waals surface area contributed by atoms with E-state index in [0.717, 1.165) is 4.90 Å². The number of nitrogens with zero attached hydrogens (tertiary/aromatic N) is 1. The Kier molecular flexibility index (Phi) is 5.34. The molecular weight excluding hydrogens is 312 g/mol. The number of nitrogen functional groups attached to an aromatic ring is 1. The lowest BCUT2D eigenvalue weighted by Crippen LogP contribution is -2.27. The summed E-state index contributed by atoms with van der Waals surface area (Å²) in [5, 5.41) is 2.60. The lowest BCUT2D eigenvalue weighted by molar-refractivity contribution is -0.127. The summed E-state index contributed by atoms with van der Waals surface area (Å²) in [5.41, 5.74) is 6.27. The number of anilines is 1. The van der Waals surface area contributed by atoms with Gasteiger partial charge in [-0.15, -0.1) is 23.1 Å². The highest BCUT2D eigenvalue weighted by Crippen LogP contribution is 2.29. The maximum atomic E-state index is 12.1. The fourth-order valence-electron chi connectivity index (χ4n) is 1.61. The van der Waals surface area contributed by atoms with Crippen molar-refractivity contribution in [3.63, 3.8) is 0 Å². The minimum atomic E-state index is 0.0799. The minimum Gasteiger partial charge on any atom is -0.399 e. The van der Waals surface area contributed by atoms with Gasteiger partial charge in [-0.25, -0.2) is 0 Å². The molecule has 1 heterocycles. The maximum Gasteiger partial charge on any atom is 0.233 e. The summed E-state index contributed by atoms with van der Waals surface area (Å²) in [6.45, 7) is 0.645. The predicted octanol–water partition coefficient (Wildman–Crippen LogP) is 3.73. The van der Waals surface area contributed by atoms with Gasteiger partial charge in [-0.3, -0.25) is 4.79 Å². The van der Waals surface area contributed by atoms with Crippen LogP contribution in [0.15, 0.2) is 40.6 Å². The molecule has 0 aliphatic rings. The van der Waals surface area contributed by atoms with Gasteiger partial charge in [-0.05, 0) is 29.6 Å². The summed E-state index contributed by atoms with van der Waals surface area (Å²) in [4.78, 5) is 15.8. The summed E-state index contributed by atoms with van der Waals surface area (Å²) in [6.07, 6.45) is 0. The van der Waals surface area contributed by atoms with Gasteiger partial charge in [-0.1, -0.05) is 17.7 Å². The number of nitrogens with two attached hydrogens (primary N) is 1. The molecule has 0 saturated heterocycles. The third kappa shape index (κ3) is 4.16. The minimum absolute atomic E-state index is 0.0799. The van der Waals surface area contributed by atoms with E-state index in [0.29, 0.717) is 23.0 Å². The zero-order valence-electron chi connectivity index (χ0n) is 11.0.